The predicted octanol–water partition coefficient (Wildman–Crippen LogP) is -0.365. The smallest absolute Gasteiger partial charge is 0.338 e. The van der Waals surface area contributed by atoms with Crippen molar-refractivity contribution in [2.45, 2.75) is 215 Å². The number of aliphatic hydroxyl groups is 11. The molecule has 22 heteroatoms. The van der Waals surface area contributed by atoms with Crippen LogP contribution in [0.25, 0.3) is 0 Å². The fourth-order valence-electron chi connectivity index (χ4n) is 17.1. The number of carbonyl (C=O) groups excluding carboxylic acids is 2. The molecule has 22 nitrogen and oxygen atoms in total. The lowest BCUT2D eigenvalue weighted by Crippen LogP contribution is -2.78. The number of hydrogen-bond acceptors (Lipinski definition) is 22. The zero-order valence-electron chi connectivity index (χ0n) is 45.1. The van der Waals surface area contributed by atoms with Crippen molar-refractivity contribution in [3.05, 3.63) is 29.8 Å². The van der Waals surface area contributed by atoms with Crippen LogP contribution in [0.1, 0.15) is 110 Å². The average Bonchev–Trinajstić information content (AvgIpc) is 4.38. The summed E-state index contributed by atoms with van der Waals surface area (Å²) in [5.41, 5.74) is -5.59. The van der Waals surface area contributed by atoms with Gasteiger partial charge in [-0.15, -0.1) is 0 Å². The number of nitrogens with one attached hydrogen (secondary N) is 1. The Kier molecular flexibility index (Phi) is 15.1. The number of carbonyl (C=O) groups is 2. The van der Waals surface area contributed by atoms with Gasteiger partial charge in [0.1, 0.15) is 90.7 Å². The van der Waals surface area contributed by atoms with E-state index in [1.807, 2.05) is 6.92 Å². The van der Waals surface area contributed by atoms with Crippen LogP contribution in [-0.4, -0.2) is 217 Å². The Morgan fingerprint density at radius 1 is 0.727 bits per heavy atom. The van der Waals surface area contributed by atoms with E-state index < -0.39 is 168 Å². The number of anilines is 1. The first-order valence-corrected chi connectivity index (χ1v) is 27.6. The highest BCUT2D eigenvalue weighted by atomic mass is 16.8. The van der Waals surface area contributed by atoms with E-state index in [0.29, 0.717) is 50.5 Å². The Hall–Kier alpha value is -2.56. The molecule has 9 fully saturated rings. The summed E-state index contributed by atoms with van der Waals surface area (Å²) in [4.78, 5) is 27.0. The first-order chi connectivity index (χ1) is 36.2. The van der Waals surface area contributed by atoms with Gasteiger partial charge in [0.05, 0.1) is 49.6 Å². The van der Waals surface area contributed by atoms with Gasteiger partial charge in [-0.05, 0) is 112 Å². The van der Waals surface area contributed by atoms with Gasteiger partial charge in [0.2, 0.25) is 0 Å². The van der Waals surface area contributed by atoms with E-state index in [0.717, 1.165) is 12.0 Å². The van der Waals surface area contributed by atoms with Crippen LogP contribution in [0.4, 0.5) is 5.69 Å². The van der Waals surface area contributed by atoms with E-state index in [1.165, 1.54) is 0 Å². The van der Waals surface area contributed by atoms with Crippen molar-refractivity contribution in [2.24, 2.45) is 44.3 Å². The SMILES string of the molecule is CNc1ccc(C(=O)O[C@@H]2C[C@@]3(C)CC[C@@]4(C)[C@@]5(O[C@@H]5C[C@H]5[C@@]6(C)CC[C@@H](O[C@@H]7OC[C@@H](O[C@H]8O[C@@H](CO)[C@H](O)[C@H](O)[C@@H]8O)[C@H](O)[C@@H]7O[C@@H]7O[C@@H](CO)[C@H](O)[C@H](O)[C@@H]7O)[C@@](C)(CO)[C@H]6CC[C@@]54C)[C@@]3(O)C[C@@]2(C)C=O)cc1. The Morgan fingerprint density at radius 2 is 1.35 bits per heavy atom. The molecule has 4 saturated heterocycles. The van der Waals surface area contributed by atoms with Gasteiger partial charge in [0.25, 0.3) is 0 Å². The van der Waals surface area contributed by atoms with Gasteiger partial charge in [0.15, 0.2) is 18.9 Å². The number of epoxide rings is 1. The third-order valence-corrected chi connectivity index (χ3v) is 22.1. The molecule has 27 atom stereocenters. The molecule has 77 heavy (non-hydrogen) atoms. The number of aliphatic hydroxyl groups excluding tert-OH is 10. The second kappa shape index (κ2) is 20.1. The van der Waals surface area contributed by atoms with Gasteiger partial charge in [-0.1, -0.05) is 34.6 Å². The normalized spacial score (nSPS) is 54.1. The second-order valence-corrected chi connectivity index (χ2v) is 25.8. The number of hydrogen-bond donors (Lipinski definition) is 12. The number of esters is 1. The highest BCUT2D eigenvalue weighted by Gasteiger charge is 2.89. The molecule has 10 rings (SSSR count). The molecular weight excluding hydrogens is 1010 g/mol. The minimum absolute atomic E-state index is 0.0403. The van der Waals surface area contributed by atoms with Gasteiger partial charge in [-0.2, -0.15) is 0 Å². The zero-order valence-corrected chi connectivity index (χ0v) is 45.1. The maximum atomic E-state index is 13.6. The monoisotopic (exact) mass is 1090 g/mol. The van der Waals surface area contributed by atoms with E-state index in [4.69, 9.17) is 37.9 Å². The average molecular weight is 1090 g/mol. The number of ether oxygens (including phenoxy) is 8. The molecule has 0 unspecified atom stereocenters. The topological polar surface area (TPSA) is 346 Å². The summed E-state index contributed by atoms with van der Waals surface area (Å²) in [7, 11) is 1.79. The van der Waals surface area contributed by atoms with Crippen LogP contribution >= 0.6 is 0 Å². The zero-order chi connectivity index (χ0) is 55.8. The van der Waals surface area contributed by atoms with E-state index in [9.17, 15) is 65.8 Å². The molecule has 0 amide bonds. The van der Waals surface area contributed by atoms with Crippen LogP contribution in [0.15, 0.2) is 24.3 Å². The van der Waals surface area contributed by atoms with Crippen molar-refractivity contribution < 1.29 is 104 Å². The highest BCUT2D eigenvalue weighted by Crippen LogP contribution is 2.84. The highest BCUT2D eigenvalue weighted by molar-refractivity contribution is 5.90. The van der Waals surface area contributed by atoms with E-state index in [2.05, 4.69) is 33.0 Å². The van der Waals surface area contributed by atoms with Gasteiger partial charge in [0, 0.05) is 29.0 Å². The second-order valence-electron chi connectivity index (χ2n) is 25.8. The summed E-state index contributed by atoms with van der Waals surface area (Å²) in [5, 5.41) is 124. The summed E-state index contributed by atoms with van der Waals surface area (Å²) >= 11 is 0. The predicted molar refractivity (Wildman–Crippen MR) is 266 cm³/mol. The molecule has 434 valence electrons. The van der Waals surface area contributed by atoms with Crippen LogP contribution in [0.5, 0.6) is 0 Å². The molecule has 5 aliphatic carbocycles. The van der Waals surface area contributed by atoms with Crippen molar-refractivity contribution in [1.29, 1.82) is 0 Å². The first kappa shape index (κ1) is 57.7. The third-order valence-electron chi connectivity index (χ3n) is 22.1. The summed E-state index contributed by atoms with van der Waals surface area (Å²) in [6.07, 6.45) is -19.6. The van der Waals surface area contributed by atoms with Gasteiger partial charge >= 0.3 is 5.97 Å². The molecule has 1 aromatic carbocycles. The lowest BCUT2D eigenvalue weighted by Gasteiger charge is -2.74. The van der Waals surface area contributed by atoms with Crippen molar-refractivity contribution in [3.63, 3.8) is 0 Å². The number of aldehydes is 1. The standard InChI is InChI=1S/C55H83NO21/c1-48(24-59)23-54(69)49(2,19-35(48)74-44(68)26-8-10-27(56-7)11-9-26)16-17-53(6)52(5)15-12-31-50(3,32(52)18-34-55(53,54)77-34)14-13-33(51(31,4)25-60)75-47-43(76-46-42(67)40(65)37(62)29(21-58)72-46)38(63)30(22-70-47)73-45-41(66)39(64)36(61)28(20-57)71-45/h8-11,24,28-43,45-47,56-58,60-67,69H,12-23,25H2,1-7H3/t28-,29-,30+,31-,32-,33+,34+,35+,36-,37-,38-,39-,40-,41-,42-,43-,45+,46-,47-,48-,49+,50-,51-,52-,53+,54+,55+/m0/s1. The van der Waals surface area contributed by atoms with Crippen LogP contribution < -0.4 is 5.32 Å². The number of fused-ring (bicyclic) bond motifs is 5. The Balaban J connectivity index is 0.895. The molecular formula is C55H83NO21. The molecule has 1 spiro atoms. The third kappa shape index (κ3) is 8.38. The Bertz CT molecular complexity index is 2330. The fourth-order valence-corrected chi connectivity index (χ4v) is 17.1. The largest absolute Gasteiger partial charge is 0.458 e. The van der Waals surface area contributed by atoms with Crippen molar-refractivity contribution in [3.8, 4) is 0 Å². The molecule has 4 heterocycles. The molecule has 12 N–H and O–H groups in total. The molecule has 1 aromatic rings. The van der Waals surface area contributed by atoms with Gasteiger partial charge in [-0.25, -0.2) is 4.79 Å². The lowest BCUT2D eigenvalue weighted by molar-refractivity contribution is -0.383. The number of benzene rings is 1. The minimum atomic E-state index is -1.89. The Morgan fingerprint density at radius 3 is 1.94 bits per heavy atom. The van der Waals surface area contributed by atoms with E-state index in [-0.39, 0.29) is 37.4 Å². The van der Waals surface area contributed by atoms with Crippen molar-refractivity contribution >= 4 is 17.9 Å². The van der Waals surface area contributed by atoms with Crippen LogP contribution in [0.2, 0.25) is 0 Å². The van der Waals surface area contributed by atoms with E-state index >= 15 is 0 Å². The quantitative estimate of drug-likeness (QED) is 0.0519. The summed E-state index contributed by atoms with van der Waals surface area (Å²) in [5.74, 6) is -0.647. The molecule has 0 aromatic heterocycles. The van der Waals surface area contributed by atoms with E-state index in [1.54, 1.807) is 38.2 Å². The van der Waals surface area contributed by atoms with Crippen LogP contribution in [0.3, 0.4) is 0 Å². The minimum Gasteiger partial charge on any atom is -0.458 e. The van der Waals surface area contributed by atoms with Crippen molar-refractivity contribution in [2.75, 3.05) is 38.8 Å². The maximum Gasteiger partial charge on any atom is 0.338 e. The molecule has 0 radical (unpaired) electrons. The molecule has 9 aliphatic rings. The number of rotatable bonds is 13. The van der Waals surface area contributed by atoms with Gasteiger partial charge < -0.3 is 104 Å². The van der Waals surface area contributed by atoms with Gasteiger partial charge in [-0.3, -0.25) is 0 Å². The van der Waals surface area contributed by atoms with Crippen LogP contribution in [0, 0.1) is 44.3 Å². The molecule has 0 bridgehead atoms. The van der Waals surface area contributed by atoms with Crippen molar-refractivity contribution in [1.82, 2.24) is 0 Å². The summed E-state index contributed by atoms with van der Waals surface area (Å²) in [6.45, 7) is 10.4. The Labute approximate surface area is 448 Å². The summed E-state index contributed by atoms with van der Waals surface area (Å²) in [6, 6.07) is 6.93. The fraction of sp³-hybridized carbons (Fsp3) is 0.855. The molecule has 4 aliphatic heterocycles. The summed E-state index contributed by atoms with van der Waals surface area (Å²) < 4.78 is 49.8. The molecule has 5 saturated carbocycles. The maximum absolute atomic E-state index is 13.6. The van der Waals surface area contributed by atoms with Crippen LogP contribution in [-0.2, 0) is 42.7 Å². The lowest BCUT2D eigenvalue weighted by atomic mass is 9.30. The first-order valence-electron chi connectivity index (χ1n) is 27.6.